The van der Waals surface area contributed by atoms with Crippen LogP contribution in [-0.4, -0.2) is 9.97 Å². The van der Waals surface area contributed by atoms with Crippen molar-refractivity contribution in [3.8, 4) is 11.4 Å². The topological polar surface area (TPSA) is 28.7 Å². The number of aromatic nitrogens is 2. The quantitative estimate of drug-likeness (QED) is 0.730. The van der Waals surface area contributed by atoms with E-state index in [1.807, 2.05) is 32.2 Å². The summed E-state index contributed by atoms with van der Waals surface area (Å²) in [5.74, 6) is 0.929. The van der Waals surface area contributed by atoms with E-state index in [1.165, 1.54) is 5.56 Å². The summed E-state index contributed by atoms with van der Waals surface area (Å²) in [5.41, 5.74) is 2.39. The molecule has 74 valence electrons. The maximum Gasteiger partial charge on any atom is 0.137 e. The standard InChI is InChI=1S/C10H10N2.C2H6/c1-8-3-2-4-9(7-8)10-11-5-6-12-10;1-2/h2-7H,1H3,(H,11,12);1-2H3. The number of H-pyrrole nitrogens is 1. The van der Waals surface area contributed by atoms with Crippen molar-refractivity contribution < 1.29 is 0 Å². The summed E-state index contributed by atoms with van der Waals surface area (Å²) >= 11 is 0. The van der Waals surface area contributed by atoms with Crippen molar-refractivity contribution in [3.63, 3.8) is 0 Å². The molecule has 0 radical (unpaired) electrons. The van der Waals surface area contributed by atoms with Crippen molar-refractivity contribution in [1.82, 2.24) is 9.97 Å². The minimum absolute atomic E-state index is 0.929. The van der Waals surface area contributed by atoms with E-state index in [1.54, 1.807) is 6.20 Å². The number of imidazole rings is 1. The Labute approximate surface area is 85.0 Å². The Morgan fingerprint density at radius 1 is 1.21 bits per heavy atom. The van der Waals surface area contributed by atoms with Crippen LogP contribution in [-0.2, 0) is 0 Å². The molecular formula is C12H16N2. The number of benzene rings is 1. The molecule has 0 aliphatic carbocycles. The Balaban J connectivity index is 0.000000461. The molecule has 0 bridgehead atoms. The van der Waals surface area contributed by atoms with Gasteiger partial charge in [0.15, 0.2) is 0 Å². The van der Waals surface area contributed by atoms with Crippen LogP contribution in [0, 0.1) is 6.92 Å². The third-order valence-electron chi connectivity index (χ3n) is 1.79. The van der Waals surface area contributed by atoms with E-state index in [9.17, 15) is 0 Å². The summed E-state index contributed by atoms with van der Waals surface area (Å²) in [7, 11) is 0. The zero-order valence-electron chi connectivity index (χ0n) is 8.91. The third kappa shape index (κ3) is 2.46. The normalized spacial score (nSPS) is 9.07. The Morgan fingerprint density at radius 2 is 2.00 bits per heavy atom. The van der Waals surface area contributed by atoms with Crippen LogP contribution in [0.4, 0.5) is 0 Å². The number of hydrogen-bond donors (Lipinski definition) is 1. The molecule has 2 rings (SSSR count). The molecule has 1 N–H and O–H groups in total. The maximum atomic E-state index is 4.17. The second-order valence-corrected chi connectivity index (χ2v) is 2.81. The van der Waals surface area contributed by atoms with E-state index < -0.39 is 0 Å². The molecule has 1 aromatic heterocycles. The van der Waals surface area contributed by atoms with E-state index in [2.05, 4.69) is 29.0 Å². The van der Waals surface area contributed by atoms with Gasteiger partial charge in [0.05, 0.1) is 0 Å². The molecule has 0 fully saturated rings. The Morgan fingerprint density at radius 3 is 2.57 bits per heavy atom. The van der Waals surface area contributed by atoms with E-state index in [0.717, 1.165) is 11.4 Å². The summed E-state index contributed by atoms with van der Waals surface area (Å²) in [6.07, 6.45) is 3.59. The minimum atomic E-state index is 0.929. The summed E-state index contributed by atoms with van der Waals surface area (Å²) in [6, 6.07) is 8.27. The van der Waals surface area contributed by atoms with Crippen LogP contribution in [0.25, 0.3) is 11.4 Å². The summed E-state index contributed by atoms with van der Waals surface area (Å²) < 4.78 is 0. The number of nitrogens with zero attached hydrogens (tertiary/aromatic N) is 1. The van der Waals surface area contributed by atoms with Gasteiger partial charge in [-0.05, 0) is 13.0 Å². The van der Waals surface area contributed by atoms with Gasteiger partial charge in [0.1, 0.15) is 5.82 Å². The predicted octanol–water partition coefficient (Wildman–Crippen LogP) is 3.41. The van der Waals surface area contributed by atoms with Crippen molar-refractivity contribution in [3.05, 3.63) is 42.2 Å². The van der Waals surface area contributed by atoms with Crippen molar-refractivity contribution in [2.24, 2.45) is 0 Å². The first-order valence-electron chi connectivity index (χ1n) is 4.93. The van der Waals surface area contributed by atoms with Gasteiger partial charge in [-0.15, -0.1) is 0 Å². The molecule has 2 nitrogen and oxygen atoms in total. The van der Waals surface area contributed by atoms with Crippen LogP contribution >= 0.6 is 0 Å². The third-order valence-corrected chi connectivity index (χ3v) is 1.79. The first kappa shape index (κ1) is 10.5. The molecule has 0 spiro atoms. The van der Waals surface area contributed by atoms with E-state index in [4.69, 9.17) is 0 Å². The first-order chi connectivity index (χ1) is 6.86. The zero-order valence-corrected chi connectivity index (χ0v) is 8.91. The predicted molar refractivity (Wildman–Crippen MR) is 60.1 cm³/mol. The van der Waals surface area contributed by atoms with Crippen LogP contribution in [0.1, 0.15) is 19.4 Å². The largest absolute Gasteiger partial charge is 0.345 e. The summed E-state index contributed by atoms with van der Waals surface area (Å²) in [6.45, 7) is 6.08. The minimum Gasteiger partial charge on any atom is -0.345 e. The molecule has 0 unspecified atom stereocenters. The van der Waals surface area contributed by atoms with Gasteiger partial charge in [0.25, 0.3) is 0 Å². The fraction of sp³-hybridized carbons (Fsp3) is 0.250. The van der Waals surface area contributed by atoms with Crippen LogP contribution in [0.3, 0.4) is 0 Å². The van der Waals surface area contributed by atoms with Crippen molar-refractivity contribution in [1.29, 1.82) is 0 Å². The molecule has 0 aliphatic heterocycles. The zero-order chi connectivity index (χ0) is 10.4. The highest BCUT2D eigenvalue weighted by molar-refractivity contribution is 5.55. The average Bonchev–Trinajstić information content (AvgIpc) is 2.74. The molecule has 0 saturated heterocycles. The lowest BCUT2D eigenvalue weighted by atomic mass is 10.1. The monoisotopic (exact) mass is 188 g/mol. The Bertz CT molecular complexity index is 364. The van der Waals surface area contributed by atoms with Crippen LogP contribution in [0.5, 0.6) is 0 Å². The average molecular weight is 188 g/mol. The SMILES string of the molecule is CC.Cc1cccc(-c2ncc[nH]2)c1. The molecule has 0 atom stereocenters. The van der Waals surface area contributed by atoms with Gasteiger partial charge < -0.3 is 4.98 Å². The first-order valence-corrected chi connectivity index (χ1v) is 4.93. The number of nitrogens with one attached hydrogen (secondary N) is 1. The van der Waals surface area contributed by atoms with E-state index in [0.29, 0.717) is 0 Å². The molecule has 0 aliphatic rings. The molecule has 14 heavy (non-hydrogen) atoms. The van der Waals surface area contributed by atoms with E-state index in [-0.39, 0.29) is 0 Å². The van der Waals surface area contributed by atoms with Crippen LogP contribution < -0.4 is 0 Å². The molecule has 0 saturated carbocycles. The van der Waals surface area contributed by atoms with Crippen molar-refractivity contribution in [2.45, 2.75) is 20.8 Å². The lowest BCUT2D eigenvalue weighted by Gasteiger charge is -1.96. The van der Waals surface area contributed by atoms with E-state index >= 15 is 0 Å². The molecular weight excluding hydrogens is 172 g/mol. The second-order valence-electron chi connectivity index (χ2n) is 2.81. The summed E-state index contributed by atoms with van der Waals surface area (Å²) in [4.78, 5) is 7.24. The highest BCUT2D eigenvalue weighted by Crippen LogP contribution is 2.14. The smallest absolute Gasteiger partial charge is 0.137 e. The van der Waals surface area contributed by atoms with Crippen molar-refractivity contribution >= 4 is 0 Å². The number of aromatic amines is 1. The second kappa shape index (κ2) is 5.22. The van der Waals surface area contributed by atoms with Gasteiger partial charge in [0, 0.05) is 18.0 Å². The lowest BCUT2D eigenvalue weighted by molar-refractivity contribution is 1.30. The lowest BCUT2D eigenvalue weighted by Crippen LogP contribution is -1.80. The highest BCUT2D eigenvalue weighted by atomic mass is 14.9. The van der Waals surface area contributed by atoms with Crippen LogP contribution in [0.2, 0.25) is 0 Å². The molecule has 2 heteroatoms. The Hall–Kier alpha value is -1.57. The fourth-order valence-electron chi connectivity index (χ4n) is 1.22. The maximum absolute atomic E-state index is 4.17. The van der Waals surface area contributed by atoms with Gasteiger partial charge in [-0.2, -0.15) is 0 Å². The molecule has 1 heterocycles. The van der Waals surface area contributed by atoms with Gasteiger partial charge in [-0.3, -0.25) is 0 Å². The van der Waals surface area contributed by atoms with Gasteiger partial charge in [-0.1, -0.05) is 37.6 Å². The molecule has 2 aromatic rings. The fourth-order valence-corrected chi connectivity index (χ4v) is 1.22. The summed E-state index contributed by atoms with van der Waals surface area (Å²) in [5, 5.41) is 0. The Kier molecular flexibility index (Phi) is 3.92. The number of aryl methyl sites for hydroxylation is 1. The number of hydrogen-bond acceptors (Lipinski definition) is 1. The van der Waals surface area contributed by atoms with Crippen molar-refractivity contribution in [2.75, 3.05) is 0 Å². The van der Waals surface area contributed by atoms with Gasteiger partial charge in [0.2, 0.25) is 0 Å². The van der Waals surface area contributed by atoms with Crippen LogP contribution in [0.15, 0.2) is 36.7 Å². The molecule has 1 aromatic carbocycles. The number of rotatable bonds is 1. The van der Waals surface area contributed by atoms with Gasteiger partial charge >= 0.3 is 0 Å². The van der Waals surface area contributed by atoms with Gasteiger partial charge in [-0.25, -0.2) is 4.98 Å². The highest BCUT2D eigenvalue weighted by Gasteiger charge is 1.97. The molecule has 0 amide bonds.